The standard InChI is InChI=1S/C17H17FN2O5S2/c1-12-2-7-15(20-17(21)8-9-26(20,22)23)10-16(12)27(24,25)19-11-13-3-5-14(18)6-4-13/h2-7,10,19H,8-9,11H2,1H3. The van der Waals surface area contributed by atoms with E-state index in [2.05, 4.69) is 4.72 Å². The van der Waals surface area contributed by atoms with Crippen molar-refractivity contribution in [1.82, 2.24) is 4.72 Å². The summed E-state index contributed by atoms with van der Waals surface area (Å²) in [6.07, 6.45) is -0.138. The van der Waals surface area contributed by atoms with Crippen LogP contribution in [0.3, 0.4) is 0 Å². The Balaban J connectivity index is 1.91. The van der Waals surface area contributed by atoms with Crippen LogP contribution < -0.4 is 9.03 Å². The lowest BCUT2D eigenvalue weighted by Crippen LogP contribution is -2.30. The van der Waals surface area contributed by atoms with Crippen molar-refractivity contribution >= 4 is 31.6 Å². The normalized spacial score (nSPS) is 16.7. The van der Waals surface area contributed by atoms with Gasteiger partial charge in [-0.3, -0.25) is 4.79 Å². The minimum atomic E-state index is -3.98. The number of halogens is 1. The van der Waals surface area contributed by atoms with Crippen LogP contribution in [0.5, 0.6) is 0 Å². The summed E-state index contributed by atoms with van der Waals surface area (Å²) >= 11 is 0. The third-order valence-corrected chi connectivity index (χ3v) is 7.39. The molecule has 1 amide bonds. The van der Waals surface area contributed by atoms with Crippen LogP contribution in [-0.4, -0.2) is 28.5 Å². The van der Waals surface area contributed by atoms with Gasteiger partial charge in [0.15, 0.2) is 0 Å². The molecule has 0 atom stereocenters. The third-order valence-electron chi connectivity index (χ3n) is 4.15. The molecule has 1 aliphatic rings. The molecule has 0 bridgehead atoms. The first-order chi connectivity index (χ1) is 12.6. The second-order valence-corrected chi connectivity index (χ2v) is 9.80. The van der Waals surface area contributed by atoms with Crippen molar-refractivity contribution in [2.24, 2.45) is 0 Å². The highest BCUT2D eigenvalue weighted by Crippen LogP contribution is 2.29. The molecule has 3 rings (SSSR count). The Labute approximate surface area is 156 Å². The van der Waals surface area contributed by atoms with Crippen LogP contribution in [-0.2, 0) is 31.4 Å². The number of nitrogens with zero attached hydrogens (tertiary/aromatic N) is 1. The molecule has 0 radical (unpaired) electrons. The Hall–Kier alpha value is -2.30. The molecule has 0 aliphatic carbocycles. The lowest BCUT2D eigenvalue weighted by molar-refractivity contribution is -0.116. The van der Waals surface area contributed by atoms with E-state index in [1.165, 1.54) is 42.5 Å². The number of aryl methyl sites for hydroxylation is 1. The molecule has 0 spiro atoms. The van der Waals surface area contributed by atoms with Crippen LogP contribution in [0.15, 0.2) is 47.4 Å². The molecule has 1 aliphatic heterocycles. The van der Waals surface area contributed by atoms with E-state index in [0.717, 1.165) is 0 Å². The predicted octanol–water partition coefficient (Wildman–Crippen LogP) is 1.68. The molecule has 0 unspecified atom stereocenters. The van der Waals surface area contributed by atoms with Gasteiger partial charge in [-0.05, 0) is 42.3 Å². The zero-order valence-electron chi connectivity index (χ0n) is 14.3. The molecule has 10 heteroatoms. The van der Waals surface area contributed by atoms with E-state index in [-0.39, 0.29) is 29.3 Å². The summed E-state index contributed by atoms with van der Waals surface area (Å²) < 4.78 is 65.5. The smallest absolute Gasteiger partial charge is 0.242 e. The first-order valence-corrected chi connectivity index (χ1v) is 11.1. The monoisotopic (exact) mass is 412 g/mol. The van der Waals surface area contributed by atoms with Crippen LogP contribution >= 0.6 is 0 Å². The van der Waals surface area contributed by atoms with Crippen molar-refractivity contribution in [1.29, 1.82) is 0 Å². The summed E-state index contributed by atoms with van der Waals surface area (Å²) in [5, 5.41) is 0. The van der Waals surface area contributed by atoms with Gasteiger partial charge in [-0.25, -0.2) is 30.3 Å². The minimum absolute atomic E-state index is 0.00902. The molecule has 2 aromatic carbocycles. The van der Waals surface area contributed by atoms with Gasteiger partial charge in [-0.15, -0.1) is 0 Å². The second-order valence-electron chi connectivity index (χ2n) is 6.12. The average molecular weight is 412 g/mol. The number of rotatable bonds is 5. The zero-order valence-corrected chi connectivity index (χ0v) is 16.0. The molecule has 1 fully saturated rings. The van der Waals surface area contributed by atoms with Crippen LogP contribution in [0.4, 0.5) is 10.1 Å². The summed E-state index contributed by atoms with van der Waals surface area (Å²) in [5.74, 6) is -1.33. The highest BCUT2D eigenvalue weighted by Gasteiger charge is 2.36. The molecule has 2 aromatic rings. The molecule has 144 valence electrons. The minimum Gasteiger partial charge on any atom is -0.273 e. The summed E-state index contributed by atoms with van der Waals surface area (Å²) in [4.78, 5) is 11.8. The van der Waals surface area contributed by atoms with E-state index >= 15 is 0 Å². The Morgan fingerprint density at radius 3 is 2.41 bits per heavy atom. The highest BCUT2D eigenvalue weighted by molar-refractivity contribution is 7.94. The Bertz CT molecular complexity index is 1100. The van der Waals surface area contributed by atoms with Gasteiger partial charge in [0, 0.05) is 13.0 Å². The van der Waals surface area contributed by atoms with E-state index < -0.39 is 31.8 Å². The molecule has 7 nitrogen and oxygen atoms in total. The number of anilines is 1. The predicted molar refractivity (Wildman–Crippen MR) is 97.5 cm³/mol. The van der Waals surface area contributed by atoms with E-state index in [4.69, 9.17) is 0 Å². The van der Waals surface area contributed by atoms with Gasteiger partial charge in [-0.2, -0.15) is 0 Å². The fraction of sp³-hybridized carbons (Fsp3) is 0.235. The van der Waals surface area contributed by atoms with Crippen molar-refractivity contribution in [2.45, 2.75) is 24.8 Å². The van der Waals surface area contributed by atoms with Crippen molar-refractivity contribution in [3.63, 3.8) is 0 Å². The topological polar surface area (TPSA) is 101 Å². The van der Waals surface area contributed by atoms with Gasteiger partial charge >= 0.3 is 0 Å². The largest absolute Gasteiger partial charge is 0.273 e. The van der Waals surface area contributed by atoms with Gasteiger partial charge < -0.3 is 0 Å². The van der Waals surface area contributed by atoms with Crippen molar-refractivity contribution < 1.29 is 26.0 Å². The quantitative estimate of drug-likeness (QED) is 0.805. The van der Waals surface area contributed by atoms with Gasteiger partial charge in [0.2, 0.25) is 26.0 Å². The third kappa shape index (κ3) is 4.02. The number of hydrogen-bond acceptors (Lipinski definition) is 5. The molecule has 27 heavy (non-hydrogen) atoms. The van der Waals surface area contributed by atoms with E-state index in [9.17, 15) is 26.0 Å². The second kappa shape index (κ2) is 7.02. The molecular weight excluding hydrogens is 395 g/mol. The molecule has 1 N–H and O–H groups in total. The summed E-state index contributed by atoms with van der Waals surface area (Å²) in [5.41, 5.74) is 0.950. The van der Waals surface area contributed by atoms with Gasteiger partial charge in [0.05, 0.1) is 16.3 Å². The fourth-order valence-electron chi connectivity index (χ4n) is 2.73. The number of sulfonamides is 2. The lowest BCUT2D eigenvalue weighted by atomic mass is 10.2. The Kier molecular flexibility index (Phi) is 5.06. The molecule has 1 heterocycles. The van der Waals surface area contributed by atoms with E-state index in [1.54, 1.807) is 6.92 Å². The summed E-state index contributed by atoms with van der Waals surface area (Å²) in [6, 6.07) is 9.37. The van der Waals surface area contributed by atoms with Crippen LogP contribution in [0, 0.1) is 12.7 Å². The highest BCUT2D eigenvalue weighted by atomic mass is 32.2. The maximum Gasteiger partial charge on any atom is 0.242 e. The lowest BCUT2D eigenvalue weighted by Gasteiger charge is -2.17. The summed E-state index contributed by atoms with van der Waals surface area (Å²) in [6.45, 7) is 1.50. The maximum atomic E-state index is 12.9. The van der Waals surface area contributed by atoms with Crippen LogP contribution in [0.2, 0.25) is 0 Å². The van der Waals surface area contributed by atoms with Gasteiger partial charge in [0.1, 0.15) is 5.82 Å². The van der Waals surface area contributed by atoms with Gasteiger partial charge in [-0.1, -0.05) is 18.2 Å². The first-order valence-electron chi connectivity index (χ1n) is 8.01. The van der Waals surface area contributed by atoms with Crippen molar-refractivity contribution in [3.8, 4) is 0 Å². The fourth-order valence-corrected chi connectivity index (χ4v) is 5.46. The molecule has 0 aromatic heterocycles. The number of nitrogens with one attached hydrogen (secondary N) is 1. The van der Waals surface area contributed by atoms with Crippen LogP contribution in [0.1, 0.15) is 17.5 Å². The Morgan fingerprint density at radius 1 is 1.15 bits per heavy atom. The Morgan fingerprint density at radius 2 is 1.81 bits per heavy atom. The summed E-state index contributed by atoms with van der Waals surface area (Å²) in [7, 11) is -7.77. The van der Waals surface area contributed by atoms with Crippen LogP contribution in [0.25, 0.3) is 0 Å². The SMILES string of the molecule is Cc1ccc(N2C(=O)CCS2(=O)=O)cc1S(=O)(=O)NCc1ccc(F)cc1. The number of carbonyl (C=O) groups is 1. The number of benzene rings is 2. The average Bonchev–Trinajstić information content (AvgIpc) is 2.88. The number of amides is 1. The molecular formula is C17H17FN2O5S2. The van der Waals surface area contributed by atoms with E-state index in [0.29, 0.717) is 15.4 Å². The van der Waals surface area contributed by atoms with Crippen molar-refractivity contribution in [3.05, 3.63) is 59.4 Å². The molecule has 0 saturated carbocycles. The maximum absolute atomic E-state index is 12.9. The van der Waals surface area contributed by atoms with E-state index in [1.807, 2.05) is 0 Å². The number of hydrogen-bond donors (Lipinski definition) is 1. The zero-order chi connectivity index (χ0) is 19.8. The number of carbonyl (C=O) groups excluding carboxylic acids is 1. The first kappa shape index (κ1) is 19.5. The van der Waals surface area contributed by atoms with Crippen molar-refractivity contribution in [2.75, 3.05) is 10.1 Å². The molecule has 1 saturated heterocycles. The van der Waals surface area contributed by atoms with Gasteiger partial charge in [0.25, 0.3) is 0 Å².